The minimum Gasteiger partial charge on any atom is -0.495 e. The van der Waals surface area contributed by atoms with Gasteiger partial charge in [-0.3, -0.25) is 4.79 Å². The Morgan fingerprint density at radius 2 is 2.12 bits per heavy atom. The minimum absolute atomic E-state index is 0.116. The van der Waals surface area contributed by atoms with E-state index >= 15 is 0 Å². The summed E-state index contributed by atoms with van der Waals surface area (Å²) >= 11 is 0. The molecule has 0 aliphatic carbocycles. The van der Waals surface area contributed by atoms with E-state index in [1.807, 2.05) is 6.07 Å². The Hall–Kier alpha value is -2.06. The summed E-state index contributed by atoms with van der Waals surface area (Å²) in [4.78, 5) is 11.2. The van der Waals surface area contributed by atoms with Crippen molar-refractivity contribution in [2.24, 2.45) is 5.73 Å². The van der Waals surface area contributed by atoms with Crippen LogP contribution >= 0.6 is 0 Å². The zero-order valence-corrected chi connectivity index (χ0v) is 9.82. The Morgan fingerprint density at radius 1 is 1.41 bits per heavy atom. The van der Waals surface area contributed by atoms with E-state index in [4.69, 9.17) is 15.7 Å². The number of rotatable bonds is 4. The second kappa shape index (κ2) is 5.87. The summed E-state index contributed by atoms with van der Waals surface area (Å²) in [6.07, 6.45) is 0.116. The first kappa shape index (κ1) is 13.0. The molecule has 0 aliphatic rings. The van der Waals surface area contributed by atoms with Crippen LogP contribution in [0.15, 0.2) is 12.1 Å². The lowest BCUT2D eigenvalue weighted by Gasteiger charge is -2.10. The van der Waals surface area contributed by atoms with E-state index in [0.717, 1.165) is 11.1 Å². The smallest absolute Gasteiger partial charge is 0.309 e. The van der Waals surface area contributed by atoms with Gasteiger partial charge in [-0.05, 0) is 23.3 Å². The van der Waals surface area contributed by atoms with Gasteiger partial charge < -0.3 is 15.2 Å². The number of nitrogens with zero attached hydrogens (tertiary/aromatic N) is 1. The molecule has 0 saturated heterocycles. The molecule has 0 saturated carbocycles. The maximum absolute atomic E-state index is 11.2. The first-order valence-corrected chi connectivity index (χ1v) is 5.03. The van der Waals surface area contributed by atoms with Gasteiger partial charge in [0.1, 0.15) is 11.8 Å². The molecule has 0 heterocycles. The van der Waals surface area contributed by atoms with E-state index in [2.05, 4.69) is 4.74 Å². The third-order valence-corrected chi connectivity index (χ3v) is 2.42. The van der Waals surface area contributed by atoms with Gasteiger partial charge in [0, 0.05) is 6.54 Å². The van der Waals surface area contributed by atoms with Crippen molar-refractivity contribution in [3.05, 3.63) is 28.8 Å². The van der Waals surface area contributed by atoms with Crippen molar-refractivity contribution in [3.63, 3.8) is 0 Å². The molecule has 90 valence electrons. The van der Waals surface area contributed by atoms with Crippen molar-refractivity contribution >= 4 is 5.97 Å². The predicted molar refractivity (Wildman–Crippen MR) is 61.3 cm³/mol. The van der Waals surface area contributed by atoms with Crippen LogP contribution in [0.25, 0.3) is 0 Å². The Labute approximate surface area is 99.7 Å². The largest absolute Gasteiger partial charge is 0.495 e. The molecule has 17 heavy (non-hydrogen) atoms. The second-order valence-corrected chi connectivity index (χ2v) is 3.39. The van der Waals surface area contributed by atoms with Crippen LogP contribution < -0.4 is 10.5 Å². The molecule has 5 heteroatoms. The van der Waals surface area contributed by atoms with Crippen molar-refractivity contribution in [3.8, 4) is 11.8 Å². The Kier molecular flexibility index (Phi) is 4.49. The van der Waals surface area contributed by atoms with Crippen molar-refractivity contribution in [1.29, 1.82) is 5.26 Å². The number of hydrogen-bond donors (Lipinski definition) is 1. The fourth-order valence-corrected chi connectivity index (χ4v) is 1.51. The predicted octanol–water partition coefficient (Wildman–Crippen LogP) is 0.741. The van der Waals surface area contributed by atoms with E-state index in [1.54, 1.807) is 12.1 Å². The third kappa shape index (κ3) is 2.95. The molecule has 0 unspecified atom stereocenters. The molecule has 2 N–H and O–H groups in total. The van der Waals surface area contributed by atoms with E-state index in [9.17, 15) is 4.79 Å². The normalized spacial score (nSPS) is 9.53. The Bertz CT molecular complexity index is 464. The molecule has 1 rings (SSSR count). The number of benzene rings is 1. The quantitative estimate of drug-likeness (QED) is 0.776. The van der Waals surface area contributed by atoms with Gasteiger partial charge in [-0.15, -0.1) is 0 Å². The number of nitriles is 1. The molecular weight excluding hydrogens is 220 g/mol. The van der Waals surface area contributed by atoms with Crippen molar-refractivity contribution < 1.29 is 14.3 Å². The molecule has 0 aliphatic heterocycles. The average Bonchev–Trinajstić information content (AvgIpc) is 2.37. The monoisotopic (exact) mass is 234 g/mol. The molecule has 0 amide bonds. The van der Waals surface area contributed by atoms with Crippen molar-refractivity contribution in [2.75, 3.05) is 14.2 Å². The summed E-state index contributed by atoms with van der Waals surface area (Å²) in [6, 6.07) is 5.31. The van der Waals surface area contributed by atoms with Crippen LogP contribution in [0, 0.1) is 11.3 Å². The van der Waals surface area contributed by atoms with E-state index in [-0.39, 0.29) is 18.9 Å². The van der Waals surface area contributed by atoms with Gasteiger partial charge in [0.05, 0.1) is 26.2 Å². The molecule has 0 bridgehead atoms. The minimum atomic E-state index is -0.355. The first-order valence-electron chi connectivity index (χ1n) is 5.03. The van der Waals surface area contributed by atoms with Gasteiger partial charge in [-0.2, -0.15) is 5.26 Å². The molecule has 0 atom stereocenters. The summed E-state index contributed by atoms with van der Waals surface area (Å²) in [5, 5.41) is 8.93. The molecule has 5 nitrogen and oxygen atoms in total. The molecule has 0 radical (unpaired) electrons. The van der Waals surface area contributed by atoms with E-state index in [1.165, 1.54) is 14.2 Å². The maximum Gasteiger partial charge on any atom is 0.309 e. The number of carbonyl (C=O) groups excluding carboxylic acids is 1. The fraction of sp³-hybridized carbons (Fsp3) is 0.333. The van der Waals surface area contributed by atoms with Gasteiger partial charge >= 0.3 is 5.97 Å². The number of ether oxygens (including phenoxy) is 2. The zero-order valence-electron chi connectivity index (χ0n) is 9.82. The van der Waals surface area contributed by atoms with Crippen molar-refractivity contribution in [2.45, 2.75) is 13.0 Å². The van der Waals surface area contributed by atoms with Crippen LogP contribution in [0.4, 0.5) is 0 Å². The molecule has 0 aromatic heterocycles. The highest BCUT2D eigenvalue weighted by Crippen LogP contribution is 2.23. The maximum atomic E-state index is 11.2. The number of methoxy groups -OCH3 is 2. The second-order valence-electron chi connectivity index (χ2n) is 3.39. The first-order chi connectivity index (χ1) is 8.15. The van der Waals surface area contributed by atoms with Gasteiger partial charge in [0.25, 0.3) is 0 Å². The Morgan fingerprint density at radius 3 is 2.59 bits per heavy atom. The van der Waals surface area contributed by atoms with E-state index in [0.29, 0.717) is 11.3 Å². The summed E-state index contributed by atoms with van der Waals surface area (Å²) in [6.45, 7) is 0.255. The van der Waals surface area contributed by atoms with Gasteiger partial charge in [-0.25, -0.2) is 0 Å². The molecule has 0 fully saturated rings. The van der Waals surface area contributed by atoms with Gasteiger partial charge in [0.2, 0.25) is 0 Å². The third-order valence-electron chi connectivity index (χ3n) is 2.42. The standard InChI is InChI=1S/C12H14N2O3/c1-16-11-4-8(5-12(15)17-2)9(6-13)3-10(11)7-14/h3-4H,5-6,13H2,1-2H3. The molecule has 1 aromatic rings. The van der Waals surface area contributed by atoms with Crippen LogP contribution in [-0.4, -0.2) is 20.2 Å². The zero-order chi connectivity index (χ0) is 12.8. The SMILES string of the molecule is COC(=O)Cc1cc(OC)c(C#N)cc1CN. The molecular formula is C12H14N2O3. The number of nitrogens with two attached hydrogens (primary N) is 1. The highest BCUT2D eigenvalue weighted by Gasteiger charge is 2.12. The lowest BCUT2D eigenvalue weighted by molar-refractivity contribution is -0.139. The lowest BCUT2D eigenvalue weighted by Crippen LogP contribution is -2.10. The Balaban J connectivity index is 3.20. The number of esters is 1. The summed E-state index contributed by atoms with van der Waals surface area (Å²) in [5.41, 5.74) is 7.45. The lowest BCUT2D eigenvalue weighted by atomic mass is 10.0. The van der Waals surface area contributed by atoms with E-state index < -0.39 is 0 Å². The molecule has 1 aromatic carbocycles. The number of hydrogen-bond acceptors (Lipinski definition) is 5. The van der Waals surface area contributed by atoms with Crippen LogP contribution in [0.1, 0.15) is 16.7 Å². The van der Waals surface area contributed by atoms with Crippen LogP contribution in [0.3, 0.4) is 0 Å². The highest BCUT2D eigenvalue weighted by molar-refractivity contribution is 5.73. The van der Waals surface area contributed by atoms with Gasteiger partial charge in [0.15, 0.2) is 0 Å². The fourth-order valence-electron chi connectivity index (χ4n) is 1.51. The van der Waals surface area contributed by atoms with Crippen LogP contribution in [-0.2, 0) is 22.5 Å². The highest BCUT2D eigenvalue weighted by atomic mass is 16.5. The van der Waals surface area contributed by atoms with Crippen molar-refractivity contribution in [1.82, 2.24) is 0 Å². The van der Waals surface area contributed by atoms with Crippen LogP contribution in [0.5, 0.6) is 5.75 Å². The van der Waals surface area contributed by atoms with Gasteiger partial charge in [-0.1, -0.05) is 0 Å². The summed E-state index contributed by atoms with van der Waals surface area (Å²) < 4.78 is 9.67. The summed E-state index contributed by atoms with van der Waals surface area (Å²) in [5.74, 6) is 0.0788. The topological polar surface area (TPSA) is 85.3 Å². The average molecular weight is 234 g/mol. The molecule has 0 spiro atoms. The number of carbonyl (C=O) groups is 1. The summed E-state index contributed by atoms with van der Waals surface area (Å²) in [7, 11) is 2.80. The van der Waals surface area contributed by atoms with Crippen LogP contribution in [0.2, 0.25) is 0 Å².